The smallest absolute Gasteiger partial charge is 0.339 e. The number of halogens is 3. The number of aryl methyl sites for hydroxylation is 1. The number of hydrogen-bond acceptors (Lipinski definition) is 3. The molecule has 0 saturated heterocycles. The fourth-order valence-electron chi connectivity index (χ4n) is 2.56. The average molecular weight is 737 g/mol. The molecule has 8 heteroatoms. The number of nitrogens with zero attached hydrogens (tertiary/aromatic N) is 1. The number of rotatable bonds is 6. The molecule has 5 nitrogen and oxygen atoms in total. The maximum absolute atomic E-state index is 12.0. The Balaban J connectivity index is 1.59. The summed E-state index contributed by atoms with van der Waals surface area (Å²) in [5, 5.41) is 6.82. The van der Waals surface area contributed by atoms with Crippen LogP contribution in [0.25, 0.3) is 0 Å². The average Bonchev–Trinajstić information content (AvgIpc) is 2.70. The van der Waals surface area contributed by atoms with E-state index < -0.39 is 0 Å². The molecule has 0 bridgehead atoms. The quantitative estimate of drug-likeness (QED) is 0.172. The minimum atomic E-state index is -0.387. The molecule has 3 aromatic rings. The summed E-state index contributed by atoms with van der Waals surface area (Å²) in [6.07, 6.45) is 1.62. The van der Waals surface area contributed by atoms with Crippen LogP contribution in [0.15, 0.2) is 65.8 Å². The van der Waals surface area contributed by atoms with Crippen molar-refractivity contribution < 1.29 is 9.53 Å². The van der Waals surface area contributed by atoms with Gasteiger partial charge in [0.15, 0.2) is 0 Å². The molecule has 3 rings (SSSR count). The SMILES string of the molecule is Cc1ccccc1NC(=O)NN=Cc1cc(I)c(OCc2ccc(I)cc2)c(I)c1. The number of hydrogen-bond donors (Lipinski definition) is 2. The van der Waals surface area contributed by atoms with E-state index in [9.17, 15) is 4.79 Å². The molecular weight excluding hydrogens is 719 g/mol. The number of nitrogens with one attached hydrogen (secondary N) is 2. The van der Waals surface area contributed by atoms with E-state index >= 15 is 0 Å². The number of benzene rings is 3. The van der Waals surface area contributed by atoms with Crippen molar-refractivity contribution in [2.24, 2.45) is 5.10 Å². The Morgan fingerprint density at radius 1 is 1.03 bits per heavy atom. The van der Waals surface area contributed by atoms with Crippen LogP contribution in [-0.2, 0) is 6.61 Å². The van der Waals surface area contributed by atoms with Gasteiger partial charge in [-0.2, -0.15) is 5.10 Å². The second-order valence-electron chi connectivity index (χ2n) is 6.37. The Kier molecular flexibility index (Phi) is 8.74. The largest absolute Gasteiger partial charge is 0.487 e. The summed E-state index contributed by atoms with van der Waals surface area (Å²) in [5.41, 5.74) is 6.23. The third kappa shape index (κ3) is 6.80. The Morgan fingerprint density at radius 3 is 2.37 bits per heavy atom. The van der Waals surface area contributed by atoms with E-state index in [0.29, 0.717) is 6.61 Å². The summed E-state index contributed by atoms with van der Waals surface area (Å²) < 4.78 is 9.19. The molecule has 154 valence electrons. The first kappa shape index (κ1) is 23.3. The number of anilines is 1. The van der Waals surface area contributed by atoms with Crippen molar-refractivity contribution in [3.63, 3.8) is 0 Å². The molecule has 0 aromatic heterocycles. The molecule has 0 unspecified atom stereocenters. The topological polar surface area (TPSA) is 62.7 Å². The zero-order valence-electron chi connectivity index (χ0n) is 16.0. The van der Waals surface area contributed by atoms with Crippen molar-refractivity contribution in [2.45, 2.75) is 13.5 Å². The minimum absolute atomic E-state index is 0.387. The number of carbonyl (C=O) groups is 1. The molecule has 0 atom stereocenters. The molecule has 0 aliphatic carbocycles. The van der Waals surface area contributed by atoms with Gasteiger partial charge in [-0.25, -0.2) is 10.2 Å². The third-order valence-corrected chi connectivity index (χ3v) is 6.41. The Bertz CT molecular complexity index is 1050. The maximum Gasteiger partial charge on any atom is 0.339 e. The van der Waals surface area contributed by atoms with Gasteiger partial charge in [0, 0.05) is 9.26 Å². The lowest BCUT2D eigenvalue weighted by atomic mass is 10.2. The highest BCUT2D eigenvalue weighted by molar-refractivity contribution is 14.1. The second-order valence-corrected chi connectivity index (χ2v) is 9.94. The zero-order chi connectivity index (χ0) is 21.5. The molecule has 2 amide bonds. The lowest BCUT2D eigenvalue weighted by Crippen LogP contribution is -2.24. The van der Waals surface area contributed by atoms with Gasteiger partial charge < -0.3 is 10.1 Å². The van der Waals surface area contributed by atoms with E-state index in [1.54, 1.807) is 6.21 Å². The van der Waals surface area contributed by atoms with Gasteiger partial charge in [-0.3, -0.25) is 0 Å². The maximum atomic E-state index is 12.0. The highest BCUT2D eigenvalue weighted by Crippen LogP contribution is 2.29. The van der Waals surface area contributed by atoms with Gasteiger partial charge in [-0.05, 0) is 122 Å². The van der Waals surface area contributed by atoms with Crippen molar-refractivity contribution in [1.82, 2.24) is 5.43 Å². The summed E-state index contributed by atoms with van der Waals surface area (Å²) >= 11 is 6.79. The van der Waals surface area contributed by atoms with Crippen LogP contribution in [0, 0.1) is 17.6 Å². The normalized spacial score (nSPS) is 10.8. The summed E-state index contributed by atoms with van der Waals surface area (Å²) in [6.45, 7) is 2.45. The lowest BCUT2D eigenvalue weighted by molar-refractivity contribution is 0.252. The van der Waals surface area contributed by atoms with Crippen LogP contribution in [0.4, 0.5) is 10.5 Å². The first-order valence-electron chi connectivity index (χ1n) is 8.94. The first-order chi connectivity index (χ1) is 14.4. The van der Waals surface area contributed by atoms with E-state index in [2.05, 4.69) is 108 Å². The molecule has 0 saturated carbocycles. The summed E-state index contributed by atoms with van der Waals surface area (Å²) in [7, 11) is 0. The third-order valence-electron chi connectivity index (χ3n) is 4.09. The first-order valence-corrected chi connectivity index (χ1v) is 12.2. The number of ether oxygens (including phenoxy) is 1. The number of carbonyl (C=O) groups excluding carboxylic acids is 1. The van der Waals surface area contributed by atoms with Gasteiger partial charge in [0.25, 0.3) is 0 Å². The molecule has 3 aromatic carbocycles. The summed E-state index contributed by atoms with van der Waals surface area (Å²) in [5.74, 6) is 0.845. The molecule has 30 heavy (non-hydrogen) atoms. The predicted molar refractivity (Wildman–Crippen MR) is 146 cm³/mol. The molecule has 0 aliphatic rings. The molecule has 0 fully saturated rings. The molecule has 0 aliphatic heterocycles. The van der Waals surface area contributed by atoms with Gasteiger partial charge in [0.05, 0.1) is 13.4 Å². The predicted octanol–water partition coefficient (Wildman–Crippen LogP) is 6.54. The molecule has 0 spiro atoms. The Morgan fingerprint density at radius 2 is 1.70 bits per heavy atom. The van der Waals surface area contributed by atoms with Crippen molar-refractivity contribution in [3.8, 4) is 5.75 Å². The fourth-order valence-corrected chi connectivity index (χ4v) is 5.04. The van der Waals surface area contributed by atoms with E-state index in [4.69, 9.17) is 4.74 Å². The molecule has 0 heterocycles. The summed E-state index contributed by atoms with van der Waals surface area (Å²) in [4.78, 5) is 12.0. The van der Waals surface area contributed by atoms with E-state index in [0.717, 1.165) is 35.3 Å². The van der Waals surface area contributed by atoms with Crippen LogP contribution in [0.2, 0.25) is 0 Å². The molecule has 2 N–H and O–H groups in total. The van der Waals surface area contributed by atoms with Crippen LogP contribution in [-0.4, -0.2) is 12.2 Å². The van der Waals surface area contributed by atoms with Gasteiger partial charge >= 0.3 is 6.03 Å². The van der Waals surface area contributed by atoms with Crippen molar-refractivity contribution >= 4 is 85.7 Å². The van der Waals surface area contributed by atoms with E-state index in [-0.39, 0.29) is 6.03 Å². The lowest BCUT2D eigenvalue weighted by Gasteiger charge is -2.11. The van der Waals surface area contributed by atoms with Crippen LogP contribution in [0.1, 0.15) is 16.7 Å². The van der Waals surface area contributed by atoms with Crippen molar-refractivity contribution in [3.05, 3.63) is 88.1 Å². The highest BCUT2D eigenvalue weighted by atomic mass is 127. The molecule has 0 radical (unpaired) electrons. The van der Waals surface area contributed by atoms with E-state index in [1.807, 2.05) is 43.3 Å². The Labute approximate surface area is 216 Å². The van der Waals surface area contributed by atoms with Crippen LogP contribution in [0.5, 0.6) is 5.75 Å². The number of amides is 2. The van der Waals surface area contributed by atoms with Crippen molar-refractivity contribution in [1.29, 1.82) is 0 Å². The van der Waals surface area contributed by atoms with Crippen LogP contribution >= 0.6 is 67.8 Å². The number of hydrazone groups is 1. The highest BCUT2D eigenvalue weighted by Gasteiger charge is 2.09. The monoisotopic (exact) mass is 737 g/mol. The number of para-hydroxylation sites is 1. The number of urea groups is 1. The van der Waals surface area contributed by atoms with E-state index in [1.165, 1.54) is 3.57 Å². The minimum Gasteiger partial charge on any atom is -0.487 e. The second kappa shape index (κ2) is 11.3. The van der Waals surface area contributed by atoms with Crippen LogP contribution < -0.4 is 15.5 Å². The molecular formula is C22H18I3N3O2. The fraction of sp³-hybridized carbons (Fsp3) is 0.0909. The van der Waals surface area contributed by atoms with Gasteiger partial charge in [0.1, 0.15) is 12.4 Å². The van der Waals surface area contributed by atoms with Crippen molar-refractivity contribution in [2.75, 3.05) is 5.32 Å². The van der Waals surface area contributed by atoms with Gasteiger partial charge in [0.2, 0.25) is 0 Å². The Hall–Kier alpha value is -1.41. The zero-order valence-corrected chi connectivity index (χ0v) is 22.4. The van der Waals surface area contributed by atoms with Gasteiger partial charge in [-0.1, -0.05) is 30.3 Å². The standard InChI is InChI=1S/C22H18I3N3O2/c1-14-4-2-3-5-20(14)27-22(29)28-26-12-16-10-18(24)21(19(25)11-16)30-13-15-6-8-17(23)9-7-15/h2-12H,13H2,1H3,(H2,27,28,29). The summed E-state index contributed by atoms with van der Waals surface area (Å²) in [6, 6.07) is 19.4. The van der Waals surface area contributed by atoms with Gasteiger partial charge in [-0.15, -0.1) is 0 Å². The van der Waals surface area contributed by atoms with Crippen LogP contribution in [0.3, 0.4) is 0 Å².